The van der Waals surface area contributed by atoms with E-state index >= 15 is 0 Å². The molecule has 1 aromatic heterocycles. The molecule has 6 nitrogen and oxygen atoms in total. The number of amides is 2. The Morgan fingerprint density at radius 1 is 1.18 bits per heavy atom. The summed E-state index contributed by atoms with van der Waals surface area (Å²) in [6.45, 7) is 4.12. The van der Waals surface area contributed by atoms with E-state index in [0.29, 0.717) is 5.92 Å². The lowest BCUT2D eigenvalue weighted by Gasteiger charge is -2.05. The van der Waals surface area contributed by atoms with Crippen molar-refractivity contribution < 1.29 is 14.0 Å². The number of halogens is 1. The summed E-state index contributed by atoms with van der Waals surface area (Å²) in [5.74, 6) is -1.06. The molecular weight excluding hydrogens is 287 g/mol. The normalized spacial score (nSPS) is 10.5. The van der Waals surface area contributed by atoms with Crippen LogP contribution in [0.3, 0.4) is 0 Å². The molecule has 0 saturated heterocycles. The molecule has 0 radical (unpaired) electrons. The lowest BCUT2D eigenvalue weighted by Crippen LogP contribution is -2.41. The van der Waals surface area contributed by atoms with Crippen LogP contribution < -0.4 is 10.9 Å². The second kappa shape index (κ2) is 6.84. The summed E-state index contributed by atoms with van der Waals surface area (Å²) in [5.41, 5.74) is 5.80. The maximum absolute atomic E-state index is 12.8. The van der Waals surface area contributed by atoms with Gasteiger partial charge in [0.1, 0.15) is 5.82 Å². The number of H-pyrrole nitrogens is 1. The molecule has 0 aliphatic carbocycles. The Morgan fingerprint density at radius 3 is 2.45 bits per heavy atom. The minimum Gasteiger partial charge on any atom is -0.282 e. The molecule has 22 heavy (non-hydrogen) atoms. The number of nitrogens with one attached hydrogen (secondary N) is 3. The molecule has 0 spiro atoms. The second-order valence-corrected chi connectivity index (χ2v) is 5.29. The molecule has 1 heterocycles. The summed E-state index contributed by atoms with van der Waals surface area (Å²) in [7, 11) is 0. The number of carbonyl (C=O) groups is 2. The maximum atomic E-state index is 12.8. The molecule has 0 atom stereocenters. The van der Waals surface area contributed by atoms with Gasteiger partial charge in [0.05, 0.1) is 0 Å². The Bertz CT molecular complexity index is 664. The summed E-state index contributed by atoms with van der Waals surface area (Å²) >= 11 is 0. The van der Waals surface area contributed by atoms with Gasteiger partial charge in [-0.1, -0.05) is 13.8 Å². The number of aromatic amines is 1. The fourth-order valence-electron chi connectivity index (χ4n) is 1.87. The number of hydrogen-bond donors (Lipinski definition) is 3. The first-order valence-corrected chi connectivity index (χ1v) is 6.86. The molecular formula is C15H17FN4O2. The average molecular weight is 304 g/mol. The number of aromatic nitrogens is 2. The Balaban J connectivity index is 1.90. The third-order valence-corrected chi connectivity index (χ3v) is 2.89. The quantitative estimate of drug-likeness (QED) is 0.753. The molecule has 2 amide bonds. The van der Waals surface area contributed by atoms with Gasteiger partial charge < -0.3 is 0 Å². The van der Waals surface area contributed by atoms with Crippen LogP contribution in [0.2, 0.25) is 0 Å². The van der Waals surface area contributed by atoms with Crippen molar-refractivity contribution in [1.29, 1.82) is 0 Å². The van der Waals surface area contributed by atoms with E-state index in [1.807, 2.05) is 0 Å². The van der Waals surface area contributed by atoms with Gasteiger partial charge in [0.2, 0.25) is 0 Å². The van der Waals surface area contributed by atoms with Crippen molar-refractivity contribution in [2.75, 3.05) is 0 Å². The molecule has 0 unspecified atom stereocenters. The molecule has 0 aliphatic rings. The van der Waals surface area contributed by atoms with Gasteiger partial charge in [-0.15, -0.1) is 0 Å². The van der Waals surface area contributed by atoms with E-state index in [2.05, 4.69) is 34.9 Å². The zero-order valence-corrected chi connectivity index (χ0v) is 12.3. The first-order valence-electron chi connectivity index (χ1n) is 6.86. The van der Waals surface area contributed by atoms with E-state index in [0.717, 1.165) is 12.1 Å². The van der Waals surface area contributed by atoms with Gasteiger partial charge in [0.15, 0.2) is 5.69 Å². The molecule has 116 valence electrons. The minimum absolute atomic E-state index is 0.190. The van der Waals surface area contributed by atoms with Gasteiger partial charge in [0.25, 0.3) is 11.8 Å². The van der Waals surface area contributed by atoms with E-state index < -0.39 is 17.6 Å². The summed E-state index contributed by atoms with van der Waals surface area (Å²) in [5, 5.41) is 6.67. The Hall–Kier alpha value is -2.70. The van der Waals surface area contributed by atoms with Crippen molar-refractivity contribution in [3.05, 3.63) is 53.1 Å². The van der Waals surface area contributed by atoms with Crippen molar-refractivity contribution in [1.82, 2.24) is 21.0 Å². The molecule has 0 fully saturated rings. The molecule has 3 N–H and O–H groups in total. The summed E-state index contributed by atoms with van der Waals surface area (Å²) in [6, 6.07) is 6.63. The predicted octanol–water partition coefficient (Wildman–Crippen LogP) is 1.82. The lowest BCUT2D eigenvalue weighted by molar-refractivity contribution is 0.0844. The number of carbonyl (C=O) groups excluding carboxylic acids is 2. The van der Waals surface area contributed by atoms with Crippen LogP contribution in [0.5, 0.6) is 0 Å². The highest BCUT2D eigenvalue weighted by Gasteiger charge is 2.13. The van der Waals surface area contributed by atoms with Gasteiger partial charge in [0, 0.05) is 11.3 Å². The van der Waals surface area contributed by atoms with Gasteiger partial charge in [-0.2, -0.15) is 5.10 Å². The fourth-order valence-corrected chi connectivity index (χ4v) is 1.87. The largest absolute Gasteiger partial charge is 0.290 e. The van der Waals surface area contributed by atoms with Crippen LogP contribution in [0, 0.1) is 11.7 Å². The third-order valence-electron chi connectivity index (χ3n) is 2.89. The zero-order valence-electron chi connectivity index (χ0n) is 12.3. The number of benzene rings is 1. The number of rotatable bonds is 4. The van der Waals surface area contributed by atoms with E-state index in [-0.39, 0.29) is 11.3 Å². The highest BCUT2D eigenvalue weighted by molar-refractivity contribution is 5.98. The van der Waals surface area contributed by atoms with Crippen LogP contribution in [-0.2, 0) is 6.42 Å². The van der Waals surface area contributed by atoms with E-state index in [1.54, 1.807) is 6.07 Å². The van der Waals surface area contributed by atoms with Crippen LogP contribution in [0.1, 0.15) is 40.4 Å². The molecule has 1 aromatic carbocycles. The van der Waals surface area contributed by atoms with Crippen LogP contribution in [0.15, 0.2) is 30.3 Å². The van der Waals surface area contributed by atoms with Gasteiger partial charge in [-0.05, 0) is 42.7 Å². The SMILES string of the molecule is CC(C)Cc1cc(C(=O)NNC(=O)c2ccc(F)cc2)n[nH]1. The van der Waals surface area contributed by atoms with E-state index in [1.165, 1.54) is 24.3 Å². The first-order chi connectivity index (χ1) is 10.5. The van der Waals surface area contributed by atoms with Crippen LogP contribution in [-0.4, -0.2) is 22.0 Å². The zero-order chi connectivity index (χ0) is 16.1. The maximum Gasteiger partial charge on any atom is 0.290 e. The summed E-state index contributed by atoms with van der Waals surface area (Å²) < 4.78 is 12.8. The van der Waals surface area contributed by atoms with Crippen molar-refractivity contribution in [2.24, 2.45) is 5.92 Å². The number of hydrazine groups is 1. The smallest absolute Gasteiger partial charge is 0.282 e. The Morgan fingerprint density at radius 2 is 1.82 bits per heavy atom. The minimum atomic E-state index is -0.536. The standard InChI is InChI=1S/C15H17FN4O2/c1-9(2)7-12-8-13(18-17-12)15(22)20-19-14(21)10-3-5-11(16)6-4-10/h3-6,8-9H,7H2,1-2H3,(H,17,18)(H,19,21)(H,20,22). The first kappa shape index (κ1) is 15.7. The highest BCUT2D eigenvalue weighted by Crippen LogP contribution is 2.06. The number of nitrogens with zero attached hydrogens (tertiary/aromatic N) is 1. The molecule has 0 aliphatic heterocycles. The molecule has 0 bridgehead atoms. The third kappa shape index (κ3) is 4.15. The van der Waals surface area contributed by atoms with Gasteiger partial charge in [-0.25, -0.2) is 4.39 Å². The Kier molecular flexibility index (Phi) is 4.88. The van der Waals surface area contributed by atoms with Gasteiger partial charge >= 0.3 is 0 Å². The summed E-state index contributed by atoms with van der Waals surface area (Å²) in [6.07, 6.45) is 0.780. The van der Waals surface area contributed by atoms with E-state index in [9.17, 15) is 14.0 Å². The van der Waals surface area contributed by atoms with Crippen molar-refractivity contribution >= 4 is 11.8 Å². The predicted molar refractivity (Wildman–Crippen MR) is 78.5 cm³/mol. The molecule has 7 heteroatoms. The average Bonchev–Trinajstić information content (AvgIpc) is 2.93. The molecule has 2 rings (SSSR count). The monoisotopic (exact) mass is 304 g/mol. The number of hydrogen-bond acceptors (Lipinski definition) is 3. The van der Waals surface area contributed by atoms with Crippen molar-refractivity contribution in [3.63, 3.8) is 0 Å². The van der Waals surface area contributed by atoms with Crippen LogP contribution in [0.4, 0.5) is 4.39 Å². The Labute approximate surface area is 127 Å². The van der Waals surface area contributed by atoms with Crippen molar-refractivity contribution in [3.8, 4) is 0 Å². The second-order valence-electron chi connectivity index (χ2n) is 5.29. The van der Waals surface area contributed by atoms with Crippen LogP contribution >= 0.6 is 0 Å². The molecule has 0 saturated carbocycles. The van der Waals surface area contributed by atoms with Crippen LogP contribution in [0.25, 0.3) is 0 Å². The van der Waals surface area contributed by atoms with Gasteiger partial charge in [-0.3, -0.25) is 25.5 Å². The molecule has 2 aromatic rings. The fraction of sp³-hybridized carbons (Fsp3) is 0.267. The highest BCUT2D eigenvalue weighted by atomic mass is 19.1. The van der Waals surface area contributed by atoms with E-state index in [4.69, 9.17) is 0 Å². The summed E-state index contributed by atoms with van der Waals surface area (Å²) in [4.78, 5) is 23.6. The lowest BCUT2D eigenvalue weighted by atomic mass is 10.1. The van der Waals surface area contributed by atoms with Crippen molar-refractivity contribution in [2.45, 2.75) is 20.3 Å². The topological polar surface area (TPSA) is 86.9 Å².